The summed E-state index contributed by atoms with van der Waals surface area (Å²) < 4.78 is 44.2. The number of carbonyl (C=O) groups excluding carboxylic acids is 2. The van der Waals surface area contributed by atoms with Gasteiger partial charge in [-0.15, -0.1) is 0 Å². The topological polar surface area (TPSA) is 79.2 Å². The number of ether oxygens (including phenoxy) is 1. The van der Waals surface area contributed by atoms with Crippen molar-refractivity contribution in [1.29, 1.82) is 5.26 Å². The van der Waals surface area contributed by atoms with E-state index in [0.717, 1.165) is 12.1 Å². The summed E-state index contributed by atoms with van der Waals surface area (Å²) in [5.41, 5.74) is -0.203. The van der Waals surface area contributed by atoms with Crippen LogP contribution >= 0.6 is 0 Å². The molecule has 0 aromatic heterocycles. The third kappa shape index (κ3) is 5.48. The summed E-state index contributed by atoms with van der Waals surface area (Å²) in [6.07, 6.45) is -5.97. The number of esters is 1. The van der Waals surface area contributed by atoms with Crippen LogP contribution in [0.5, 0.6) is 0 Å². The van der Waals surface area contributed by atoms with Crippen LogP contribution in [0.25, 0.3) is 0 Å². The molecular weight excluding hydrogens is 409 g/mol. The first-order valence-corrected chi connectivity index (χ1v) is 9.02. The zero-order valence-corrected chi connectivity index (χ0v) is 15.9. The van der Waals surface area contributed by atoms with Gasteiger partial charge in [0.05, 0.1) is 22.8 Å². The van der Waals surface area contributed by atoms with E-state index in [4.69, 9.17) is 10.00 Å². The molecule has 1 unspecified atom stereocenters. The van der Waals surface area contributed by atoms with Crippen molar-refractivity contribution in [3.63, 3.8) is 0 Å². The van der Waals surface area contributed by atoms with E-state index in [0.29, 0.717) is 11.1 Å². The van der Waals surface area contributed by atoms with Crippen molar-refractivity contribution in [3.8, 4) is 6.07 Å². The minimum Gasteiger partial charge on any atom is -0.444 e. The molecular formula is C23H15F3N2O3. The fraction of sp³-hybridized carbons (Fsp3) is 0.0870. The molecule has 156 valence electrons. The molecule has 0 saturated heterocycles. The molecule has 8 heteroatoms. The summed E-state index contributed by atoms with van der Waals surface area (Å²) in [5.74, 6) is -1.63. The maximum atomic E-state index is 12.9. The Morgan fingerprint density at radius 2 is 1.61 bits per heavy atom. The van der Waals surface area contributed by atoms with Crippen molar-refractivity contribution in [1.82, 2.24) is 0 Å². The number of nitrogens with one attached hydrogen (secondary N) is 1. The largest absolute Gasteiger partial charge is 0.444 e. The van der Waals surface area contributed by atoms with E-state index < -0.39 is 29.7 Å². The van der Waals surface area contributed by atoms with Gasteiger partial charge in [0.25, 0.3) is 5.91 Å². The molecule has 0 aliphatic rings. The number of carbonyl (C=O) groups is 2. The molecule has 0 spiro atoms. The molecule has 0 bridgehead atoms. The molecule has 1 amide bonds. The molecule has 1 atom stereocenters. The molecule has 3 aromatic rings. The number of alkyl halides is 3. The van der Waals surface area contributed by atoms with Crippen molar-refractivity contribution in [3.05, 3.63) is 101 Å². The summed E-state index contributed by atoms with van der Waals surface area (Å²) in [5, 5.41) is 11.2. The van der Waals surface area contributed by atoms with Crippen LogP contribution in [0.3, 0.4) is 0 Å². The molecule has 0 aliphatic carbocycles. The predicted octanol–water partition coefficient (Wildman–Crippen LogP) is 5.11. The van der Waals surface area contributed by atoms with Gasteiger partial charge >= 0.3 is 12.1 Å². The lowest BCUT2D eigenvalue weighted by molar-refractivity contribution is -0.137. The third-order valence-corrected chi connectivity index (χ3v) is 4.27. The Morgan fingerprint density at radius 3 is 2.23 bits per heavy atom. The molecule has 0 saturated carbocycles. The van der Waals surface area contributed by atoms with Gasteiger partial charge in [-0.1, -0.05) is 36.4 Å². The number of nitrogens with zero attached hydrogens (tertiary/aromatic N) is 1. The fourth-order valence-electron chi connectivity index (χ4n) is 2.74. The van der Waals surface area contributed by atoms with Gasteiger partial charge < -0.3 is 10.1 Å². The Bertz CT molecular complexity index is 1120. The monoisotopic (exact) mass is 424 g/mol. The number of benzene rings is 3. The quantitative estimate of drug-likeness (QED) is 0.577. The second-order valence-corrected chi connectivity index (χ2v) is 6.45. The first-order valence-electron chi connectivity index (χ1n) is 9.02. The lowest BCUT2D eigenvalue weighted by Gasteiger charge is -2.18. The first kappa shape index (κ1) is 21.6. The van der Waals surface area contributed by atoms with Crippen LogP contribution in [0.15, 0.2) is 78.9 Å². The van der Waals surface area contributed by atoms with E-state index in [1.807, 2.05) is 6.07 Å². The summed E-state index contributed by atoms with van der Waals surface area (Å²) in [6, 6.07) is 19.8. The van der Waals surface area contributed by atoms with E-state index >= 15 is 0 Å². The van der Waals surface area contributed by atoms with Crippen LogP contribution in [0.2, 0.25) is 0 Å². The Morgan fingerprint density at radius 1 is 0.935 bits per heavy atom. The van der Waals surface area contributed by atoms with Crippen molar-refractivity contribution in [2.75, 3.05) is 5.32 Å². The Kier molecular flexibility index (Phi) is 6.36. The van der Waals surface area contributed by atoms with E-state index in [1.165, 1.54) is 36.4 Å². The number of anilines is 1. The minimum absolute atomic E-state index is 0.0878. The van der Waals surface area contributed by atoms with Gasteiger partial charge in [0.15, 0.2) is 0 Å². The van der Waals surface area contributed by atoms with Gasteiger partial charge in [0, 0.05) is 11.3 Å². The number of halogens is 3. The van der Waals surface area contributed by atoms with Crippen LogP contribution in [-0.4, -0.2) is 11.9 Å². The normalized spacial score (nSPS) is 11.8. The Balaban J connectivity index is 1.84. The molecule has 0 radical (unpaired) electrons. The molecule has 0 heterocycles. The smallest absolute Gasteiger partial charge is 0.416 e. The highest BCUT2D eigenvalue weighted by Crippen LogP contribution is 2.31. The summed E-state index contributed by atoms with van der Waals surface area (Å²) >= 11 is 0. The van der Waals surface area contributed by atoms with E-state index in [2.05, 4.69) is 5.32 Å². The van der Waals surface area contributed by atoms with Crippen LogP contribution in [-0.2, 0) is 15.7 Å². The Labute approximate surface area is 175 Å². The van der Waals surface area contributed by atoms with Gasteiger partial charge in [-0.25, -0.2) is 4.79 Å². The molecule has 0 fully saturated rings. The van der Waals surface area contributed by atoms with Crippen molar-refractivity contribution >= 4 is 17.6 Å². The fourth-order valence-corrected chi connectivity index (χ4v) is 2.74. The zero-order valence-electron chi connectivity index (χ0n) is 15.9. The van der Waals surface area contributed by atoms with Gasteiger partial charge in [-0.3, -0.25) is 4.79 Å². The number of amides is 1. The standard InChI is InChI=1S/C23H15F3N2O3/c24-23(25,26)18-7-4-8-19(13-18)28-21(29)20(16-5-2-1-3-6-16)31-22(30)17-11-9-15(14-27)10-12-17/h1-13,20H,(H,28,29). The van der Waals surface area contributed by atoms with Gasteiger partial charge in [0.1, 0.15) is 0 Å². The summed E-state index contributed by atoms with van der Waals surface area (Å²) in [4.78, 5) is 25.4. The van der Waals surface area contributed by atoms with Crippen LogP contribution in [0, 0.1) is 11.3 Å². The lowest BCUT2D eigenvalue weighted by atomic mass is 10.1. The van der Waals surface area contributed by atoms with Crippen LogP contribution in [0.1, 0.15) is 33.2 Å². The number of rotatable bonds is 5. The van der Waals surface area contributed by atoms with Crippen LogP contribution in [0.4, 0.5) is 18.9 Å². The molecule has 1 N–H and O–H groups in total. The minimum atomic E-state index is -4.57. The van der Waals surface area contributed by atoms with Crippen molar-refractivity contribution in [2.45, 2.75) is 12.3 Å². The second-order valence-electron chi connectivity index (χ2n) is 6.45. The van der Waals surface area contributed by atoms with Crippen molar-refractivity contribution in [2.24, 2.45) is 0 Å². The average Bonchev–Trinajstić information content (AvgIpc) is 2.77. The van der Waals surface area contributed by atoms with E-state index in [9.17, 15) is 22.8 Å². The number of hydrogen-bond acceptors (Lipinski definition) is 4. The predicted molar refractivity (Wildman–Crippen MR) is 106 cm³/mol. The van der Waals surface area contributed by atoms with Crippen molar-refractivity contribution < 1.29 is 27.5 Å². The summed E-state index contributed by atoms with van der Waals surface area (Å²) in [7, 11) is 0. The zero-order chi connectivity index (χ0) is 22.4. The van der Waals surface area contributed by atoms with E-state index in [-0.39, 0.29) is 11.3 Å². The second kappa shape index (κ2) is 9.13. The SMILES string of the molecule is N#Cc1ccc(C(=O)OC(C(=O)Nc2cccc(C(F)(F)F)c2)c2ccccc2)cc1. The maximum Gasteiger partial charge on any atom is 0.416 e. The van der Waals surface area contributed by atoms with Crippen LogP contribution < -0.4 is 5.32 Å². The molecule has 3 rings (SSSR count). The summed E-state index contributed by atoms with van der Waals surface area (Å²) in [6.45, 7) is 0. The van der Waals surface area contributed by atoms with Gasteiger partial charge in [0.2, 0.25) is 6.10 Å². The highest BCUT2D eigenvalue weighted by Gasteiger charge is 2.31. The highest BCUT2D eigenvalue weighted by molar-refractivity contribution is 5.98. The Hall–Kier alpha value is -4.12. The number of hydrogen-bond donors (Lipinski definition) is 1. The third-order valence-electron chi connectivity index (χ3n) is 4.27. The molecule has 3 aromatic carbocycles. The molecule has 5 nitrogen and oxygen atoms in total. The number of nitriles is 1. The molecule has 31 heavy (non-hydrogen) atoms. The average molecular weight is 424 g/mol. The maximum absolute atomic E-state index is 12.9. The molecule has 0 aliphatic heterocycles. The van der Waals surface area contributed by atoms with E-state index in [1.54, 1.807) is 30.3 Å². The lowest BCUT2D eigenvalue weighted by Crippen LogP contribution is -2.26. The van der Waals surface area contributed by atoms with Gasteiger partial charge in [-0.2, -0.15) is 18.4 Å². The first-order chi connectivity index (χ1) is 14.8. The van der Waals surface area contributed by atoms with Gasteiger partial charge in [-0.05, 0) is 42.5 Å². The highest BCUT2D eigenvalue weighted by atomic mass is 19.4.